The highest BCUT2D eigenvalue weighted by atomic mass is 32.1. The monoisotopic (exact) mass is 305 g/mol. The van der Waals surface area contributed by atoms with Crippen molar-refractivity contribution in [2.45, 2.75) is 12.8 Å². The van der Waals surface area contributed by atoms with Gasteiger partial charge in [0, 0.05) is 18.1 Å². The zero-order valence-corrected chi connectivity index (χ0v) is 12.4. The number of amides is 1. The lowest BCUT2D eigenvalue weighted by Gasteiger charge is -2.11. The van der Waals surface area contributed by atoms with E-state index in [-0.39, 0.29) is 5.91 Å². The Morgan fingerprint density at radius 2 is 2.10 bits per heavy atom. The molecule has 0 spiro atoms. The van der Waals surface area contributed by atoms with Crippen LogP contribution in [0.15, 0.2) is 30.5 Å². The molecule has 7 heteroatoms. The maximum Gasteiger partial charge on any atom is 0.271 e. The second-order valence-corrected chi connectivity index (χ2v) is 4.99. The van der Waals surface area contributed by atoms with E-state index in [1.165, 1.54) is 0 Å². The summed E-state index contributed by atoms with van der Waals surface area (Å²) in [5.74, 6) is -0.242. The first-order valence-electron chi connectivity index (χ1n) is 6.82. The molecule has 0 aliphatic heterocycles. The summed E-state index contributed by atoms with van der Waals surface area (Å²) in [7, 11) is 0. The Morgan fingerprint density at radius 1 is 1.24 bits per heavy atom. The average molecular weight is 305 g/mol. The number of aromatic nitrogens is 1. The van der Waals surface area contributed by atoms with Crippen LogP contribution in [0.3, 0.4) is 0 Å². The van der Waals surface area contributed by atoms with Crippen molar-refractivity contribution >= 4 is 34.1 Å². The number of carbonyl (C=O) groups is 1. The zero-order chi connectivity index (χ0) is 15.1. The van der Waals surface area contributed by atoms with Crippen LogP contribution >= 0.6 is 12.2 Å². The van der Waals surface area contributed by atoms with Crippen LogP contribution in [0.2, 0.25) is 0 Å². The number of hydrogen-bond acceptors (Lipinski definition) is 3. The van der Waals surface area contributed by atoms with Gasteiger partial charge in [-0.15, -0.1) is 0 Å². The molecule has 2 aromatic rings. The minimum Gasteiger partial charge on any atom is -0.361 e. The predicted molar refractivity (Wildman–Crippen MR) is 87.8 cm³/mol. The SMILES string of the molecule is NCCCCNC(=S)NNC(=O)c1cccc2cc[nH]c12. The molecule has 0 aliphatic rings. The van der Waals surface area contributed by atoms with Crippen LogP contribution in [-0.4, -0.2) is 29.1 Å². The maximum absolute atomic E-state index is 12.1. The summed E-state index contributed by atoms with van der Waals surface area (Å²) < 4.78 is 0. The van der Waals surface area contributed by atoms with Gasteiger partial charge in [0.05, 0.1) is 11.1 Å². The molecule has 0 fully saturated rings. The van der Waals surface area contributed by atoms with E-state index >= 15 is 0 Å². The number of carbonyl (C=O) groups excluding carboxylic acids is 1. The first-order valence-corrected chi connectivity index (χ1v) is 7.23. The fraction of sp³-hybridized carbons (Fsp3) is 0.286. The molecule has 2 rings (SSSR count). The number of rotatable bonds is 5. The van der Waals surface area contributed by atoms with E-state index in [4.69, 9.17) is 18.0 Å². The number of para-hydroxylation sites is 1. The van der Waals surface area contributed by atoms with Gasteiger partial charge in [0.15, 0.2) is 5.11 Å². The van der Waals surface area contributed by atoms with Crippen molar-refractivity contribution in [1.82, 2.24) is 21.2 Å². The molecular formula is C14H19N5OS. The average Bonchev–Trinajstić information content (AvgIpc) is 2.97. The summed E-state index contributed by atoms with van der Waals surface area (Å²) in [6.45, 7) is 1.39. The van der Waals surface area contributed by atoms with E-state index in [2.05, 4.69) is 21.2 Å². The third-order valence-electron chi connectivity index (χ3n) is 3.04. The summed E-state index contributed by atoms with van der Waals surface area (Å²) in [5.41, 5.74) is 12.1. The Bertz CT molecular complexity index is 625. The number of benzene rings is 1. The molecule has 0 unspecified atom stereocenters. The van der Waals surface area contributed by atoms with E-state index in [0.29, 0.717) is 17.2 Å². The van der Waals surface area contributed by atoms with Crippen molar-refractivity contribution in [3.63, 3.8) is 0 Å². The van der Waals surface area contributed by atoms with E-state index in [0.717, 1.165) is 30.3 Å². The maximum atomic E-state index is 12.1. The molecule has 1 amide bonds. The smallest absolute Gasteiger partial charge is 0.271 e. The molecule has 1 aromatic carbocycles. The summed E-state index contributed by atoms with van der Waals surface area (Å²) in [4.78, 5) is 15.2. The van der Waals surface area contributed by atoms with E-state index < -0.39 is 0 Å². The predicted octanol–water partition coefficient (Wildman–Crippen LogP) is 1.02. The Kier molecular flexibility index (Phi) is 5.53. The molecule has 112 valence electrons. The molecule has 0 saturated heterocycles. The van der Waals surface area contributed by atoms with Gasteiger partial charge in [0.1, 0.15) is 0 Å². The van der Waals surface area contributed by atoms with Crippen LogP contribution in [0.4, 0.5) is 0 Å². The largest absolute Gasteiger partial charge is 0.361 e. The van der Waals surface area contributed by atoms with Crippen molar-refractivity contribution in [3.8, 4) is 0 Å². The first-order chi connectivity index (χ1) is 10.2. The number of thiocarbonyl (C=S) groups is 1. The third kappa shape index (κ3) is 4.17. The summed E-state index contributed by atoms with van der Waals surface area (Å²) in [5, 5.41) is 4.38. The number of fused-ring (bicyclic) bond motifs is 1. The lowest BCUT2D eigenvalue weighted by atomic mass is 10.1. The Labute approximate surface area is 128 Å². The number of unbranched alkanes of at least 4 members (excludes halogenated alkanes) is 1. The summed E-state index contributed by atoms with van der Waals surface area (Å²) in [6.07, 6.45) is 3.68. The van der Waals surface area contributed by atoms with Gasteiger partial charge < -0.3 is 16.0 Å². The molecule has 6 nitrogen and oxygen atoms in total. The second kappa shape index (κ2) is 7.61. The zero-order valence-electron chi connectivity index (χ0n) is 11.6. The first kappa shape index (κ1) is 15.3. The highest BCUT2D eigenvalue weighted by molar-refractivity contribution is 7.80. The number of nitrogens with two attached hydrogens (primary N) is 1. The normalized spacial score (nSPS) is 10.3. The van der Waals surface area contributed by atoms with Gasteiger partial charge in [-0.1, -0.05) is 12.1 Å². The van der Waals surface area contributed by atoms with Crippen LogP contribution in [0.5, 0.6) is 0 Å². The molecule has 6 N–H and O–H groups in total. The summed E-state index contributed by atoms with van der Waals surface area (Å²) in [6, 6.07) is 7.46. The van der Waals surface area contributed by atoms with Crippen LogP contribution in [0.1, 0.15) is 23.2 Å². The van der Waals surface area contributed by atoms with Crippen molar-refractivity contribution in [3.05, 3.63) is 36.0 Å². The molecule has 0 aliphatic carbocycles. The Hall–Kier alpha value is -2.12. The lowest BCUT2D eigenvalue weighted by Crippen LogP contribution is -2.47. The molecule has 0 saturated carbocycles. The molecule has 0 atom stereocenters. The molecular weight excluding hydrogens is 286 g/mol. The van der Waals surface area contributed by atoms with Gasteiger partial charge in [-0.2, -0.15) is 0 Å². The highest BCUT2D eigenvalue weighted by Gasteiger charge is 2.10. The number of hydrogen-bond donors (Lipinski definition) is 5. The topological polar surface area (TPSA) is 95.0 Å². The molecule has 0 radical (unpaired) electrons. The van der Waals surface area contributed by atoms with Gasteiger partial charge in [-0.25, -0.2) is 0 Å². The van der Waals surface area contributed by atoms with Gasteiger partial charge in [0.25, 0.3) is 5.91 Å². The fourth-order valence-electron chi connectivity index (χ4n) is 1.97. The van der Waals surface area contributed by atoms with Crippen molar-refractivity contribution < 1.29 is 4.79 Å². The fourth-order valence-corrected chi connectivity index (χ4v) is 2.12. The van der Waals surface area contributed by atoms with Crippen molar-refractivity contribution in [2.24, 2.45) is 5.73 Å². The van der Waals surface area contributed by atoms with E-state index in [9.17, 15) is 4.79 Å². The van der Waals surface area contributed by atoms with E-state index in [1.54, 1.807) is 12.3 Å². The highest BCUT2D eigenvalue weighted by Crippen LogP contribution is 2.16. The third-order valence-corrected chi connectivity index (χ3v) is 3.28. The van der Waals surface area contributed by atoms with Crippen molar-refractivity contribution in [2.75, 3.05) is 13.1 Å². The van der Waals surface area contributed by atoms with Crippen LogP contribution in [-0.2, 0) is 0 Å². The standard InChI is InChI=1S/C14H19N5OS/c15-7-1-2-8-17-14(21)19-18-13(20)11-5-3-4-10-6-9-16-12(10)11/h3-6,9,16H,1-2,7-8,15H2,(H,18,20)(H2,17,19,21). The minimum absolute atomic E-state index is 0.242. The van der Waals surface area contributed by atoms with Gasteiger partial charge in [-0.3, -0.25) is 15.6 Å². The Morgan fingerprint density at radius 3 is 2.90 bits per heavy atom. The van der Waals surface area contributed by atoms with Crippen LogP contribution in [0.25, 0.3) is 10.9 Å². The number of H-pyrrole nitrogens is 1. The number of aromatic amines is 1. The van der Waals surface area contributed by atoms with E-state index in [1.807, 2.05) is 18.2 Å². The Balaban J connectivity index is 1.84. The number of hydrazine groups is 1. The van der Waals surface area contributed by atoms with Crippen LogP contribution in [0, 0.1) is 0 Å². The van der Waals surface area contributed by atoms with Gasteiger partial charge in [0.2, 0.25) is 0 Å². The number of nitrogens with one attached hydrogen (secondary N) is 4. The van der Waals surface area contributed by atoms with Gasteiger partial charge in [-0.05, 0) is 43.7 Å². The summed E-state index contributed by atoms with van der Waals surface area (Å²) >= 11 is 5.08. The van der Waals surface area contributed by atoms with Crippen LogP contribution < -0.4 is 21.9 Å². The quantitative estimate of drug-likeness (QED) is 0.323. The second-order valence-electron chi connectivity index (χ2n) is 4.58. The lowest BCUT2D eigenvalue weighted by molar-refractivity contribution is 0.0945. The minimum atomic E-state index is -0.242. The molecule has 0 bridgehead atoms. The van der Waals surface area contributed by atoms with Gasteiger partial charge >= 0.3 is 0 Å². The van der Waals surface area contributed by atoms with Crippen molar-refractivity contribution in [1.29, 1.82) is 0 Å². The molecule has 1 heterocycles. The molecule has 21 heavy (non-hydrogen) atoms. The molecule has 1 aromatic heterocycles.